The van der Waals surface area contributed by atoms with Crippen molar-refractivity contribution in [2.75, 3.05) is 57.4 Å². The van der Waals surface area contributed by atoms with Gasteiger partial charge >= 0.3 is 0 Å². The monoisotopic (exact) mass is 782 g/mol. The molecule has 54 heavy (non-hydrogen) atoms. The summed E-state index contributed by atoms with van der Waals surface area (Å²) in [4.78, 5) is 34.6. The van der Waals surface area contributed by atoms with Gasteiger partial charge in [0.2, 0.25) is 15.9 Å². The summed E-state index contributed by atoms with van der Waals surface area (Å²) < 4.78 is 58.9. The van der Waals surface area contributed by atoms with E-state index >= 15 is 4.39 Å². The van der Waals surface area contributed by atoms with Crippen LogP contribution in [0, 0.1) is 11.3 Å². The van der Waals surface area contributed by atoms with E-state index in [0.717, 1.165) is 51.4 Å². The number of allylic oxidation sites excluding steroid dienone is 1. The molecule has 0 aromatic heterocycles. The molecule has 8 rings (SSSR count). The molecule has 2 amide bonds. The molecule has 13 heteroatoms. The maximum atomic E-state index is 17.0. The average molecular weight is 783 g/mol. The fraction of sp³-hybridized carbons (Fsp3) is 0.610. The van der Waals surface area contributed by atoms with Gasteiger partial charge in [-0.2, -0.15) is 0 Å². The van der Waals surface area contributed by atoms with Crippen LogP contribution in [0.5, 0.6) is 5.75 Å². The number of hydrogen-bond acceptors (Lipinski definition) is 8. The quantitative estimate of drug-likeness (QED) is 0.375. The van der Waals surface area contributed by atoms with Gasteiger partial charge in [-0.3, -0.25) is 14.5 Å². The van der Waals surface area contributed by atoms with Gasteiger partial charge in [-0.15, -0.1) is 0 Å². The molecule has 6 aliphatic rings. The van der Waals surface area contributed by atoms with Crippen LogP contribution in [0.3, 0.4) is 0 Å². The molecule has 2 spiro atoms. The summed E-state index contributed by atoms with van der Waals surface area (Å²) in [6.45, 7) is 7.66. The third-order valence-corrected chi connectivity index (χ3v) is 15.5. The number of anilines is 1. The van der Waals surface area contributed by atoms with E-state index < -0.39 is 44.4 Å². The Balaban J connectivity index is 1.22. The Bertz CT molecular complexity index is 1940. The molecule has 5 heterocycles. The molecule has 5 aliphatic heterocycles. The minimum atomic E-state index is -4.13. The van der Waals surface area contributed by atoms with Crippen molar-refractivity contribution in [3.8, 4) is 5.75 Å². The van der Waals surface area contributed by atoms with E-state index in [0.29, 0.717) is 69.0 Å². The van der Waals surface area contributed by atoms with Gasteiger partial charge < -0.3 is 19.3 Å². The lowest BCUT2D eigenvalue weighted by molar-refractivity contribution is -0.140. The van der Waals surface area contributed by atoms with Gasteiger partial charge in [-0.05, 0) is 119 Å². The average Bonchev–Trinajstić information content (AvgIpc) is 3.77. The number of hydrogen-bond donors (Lipinski definition) is 1. The highest BCUT2D eigenvalue weighted by atomic mass is 35.5. The summed E-state index contributed by atoms with van der Waals surface area (Å²) in [6.07, 6.45) is 8.55. The molecule has 0 radical (unpaired) electrons. The van der Waals surface area contributed by atoms with Gasteiger partial charge in [0.25, 0.3) is 5.91 Å². The summed E-state index contributed by atoms with van der Waals surface area (Å²) in [7, 11) is -4.13. The van der Waals surface area contributed by atoms with Crippen molar-refractivity contribution in [2.24, 2.45) is 11.3 Å². The molecule has 1 unspecified atom stereocenters. The van der Waals surface area contributed by atoms with E-state index in [1.807, 2.05) is 17.0 Å². The highest BCUT2D eigenvalue weighted by Gasteiger charge is 2.47. The fourth-order valence-corrected chi connectivity index (χ4v) is 11.5. The minimum absolute atomic E-state index is 0.0937. The molecular formula is C41H52ClFN4O6S. The summed E-state index contributed by atoms with van der Waals surface area (Å²) >= 11 is 6.48. The number of halogens is 2. The second-order valence-electron chi connectivity index (χ2n) is 16.9. The van der Waals surface area contributed by atoms with E-state index in [1.165, 1.54) is 24.1 Å². The summed E-state index contributed by atoms with van der Waals surface area (Å²) in [6, 6.07) is 9.87. The minimum Gasteiger partial charge on any atom is -0.490 e. The van der Waals surface area contributed by atoms with Gasteiger partial charge in [-0.25, -0.2) is 17.5 Å². The van der Waals surface area contributed by atoms with Crippen molar-refractivity contribution >= 4 is 39.1 Å². The second-order valence-corrected chi connectivity index (χ2v) is 19.3. The van der Waals surface area contributed by atoms with Crippen LogP contribution in [0.2, 0.25) is 5.02 Å². The van der Waals surface area contributed by atoms with Gasteiger partial charge in [0.05, 0.1) is 24.2 Å². The molecule has 2 aromatic carbocycles. The van der Waals surface area contributed by atoms with Crippen molar-refractivity contribution < 1.29 is 31.9 Å². The smallest absolute Gasteiger partial charge is 0.264 e. The zero-order valence-electron chi connectivity index (χ0n) is 31.3. The number of aryl methyl sites for hydroxylation is 1. The normalized spacial score (nSPS) is 34.0. The molecular weight excluding hydrogens is 731 g/mol. The van der Waals surface area contributed by atoms with Gasteiger partial charge in [-0.1, -0.05) is 30.7 Å². The number of amides is 2. The van der Waals surface area contributed by atoms with Crippen molar-refractivity contribution in [1.29, 1.82) is 0 Å². The standard InChI is InChI=1S/C41H52ClFN4O6S/c1-27-8-12-34(43)37(39(49)45-17-5-14-40(23-45)16-19-52-25-40)47-18-4-7-32(47)22-46-24-41(15-3-6-29-20-31(42)10-11-33(29)41)26-53-36-13-9-30(21-35(36)46)38(48)44-54(50,51)28(27)2/h9-13,20-21,27-28,32,37H,3-8,14-19,22-26H2,1-2H3,(H,44,48)/b34-12-/t27-,28+,32-,37+,40?,41-/m0/s1. The third-order valence-electron chi connectivity index (χ3n) is 13.3. The van der Waals surface area contributed by atoms with Crippen molar-refractivity contribution in [1.82, 2.24) is 14.5 Å². The Kier molecular flexibility index (Phi) is 10.3. The van der Waals surface area contributed by atoms with E-state index in [-0.39, 0.29) is 29.3 Å². The van der Waals surface area contributed by atoms with Crippen LogP contribution in [0.25, 0.3) is 0 Å². The number of benzene rings is 2. The number of likely N-dealkylation sites (tertiary alicyclic amines) is 1. The zero-order valence-corrected chi connectivity index (χ0v) is 32.9. The van der Waals surface area contributed by atoms with E-state index in [4.69, 9.17) is 21.1 Å². The zero-order chi connectivity index (χ0) is 37.8. The highest BCUT2D eigenvalue weighted by Crippen LogP contribution is 2.46. The molecule has 2 aromatic rings. The van der Waals surface area contributed by atoms with Crippen LogP contribution in [0.15, 0.2) is 48.3 Å². The Labute approximate surface area is 323 Å². The number of nitrogens with zero attached hydrogens (tertiary/aromatic N) is 3. The van der Waals surface area contributed by atoms with E-state index in [2.05, 4.69) is 20.6 Å². The van der Waals surface area contributed by atoms with Crippen molar-refractivity contribution in [2.45, 2.75) is 94.4 Å². The first-order valence-electron chi connectivity index (χ1n) is 19.7. The number of carbonyl (C=O) groups excluding carboxylic acids is 2. The maximum absolute atomic E-state index is 17.0. The van der Waals surface area contributed by atoms with Crippen LogP contribution in [-0.4, -0.2) is 99.9 Å². The van der Waals surface area contributed by atoms with Gasteiger partial charge in [0.1, 0.15) is 17.6 Å². The first kappa shape index (κ1) is 37.7. The molecule has 1 N–H and O–H groups in total. The van der Waals surface area contributed by atoms with Gasteiger partial charge in [0, 0.05) is 60.2 Å². The lowest BCUT2D eigenvalue weighted by Crippen LogP contribution is -2.57. The summed E-state index contributed by atoms with van der Waals surface area (Å²) in [5.41, 5.74) is 2.77. The molecule has 2 bridgehead atoms. The number of ether oxygens (including phenoxy) is 2. The van der Waals surface area contributed by atoms with E-state index in [9.17, 15) is 18.0 Å². The Morgan fingerprint density at radius 2 is 1.87 bits per heavy atom. The van der Waals surface area contributed by atoms with Crippen LogP contribution in [0.1, 0.15) is 86.7 Å². The van der Waals surface area contributed by atoms with Crippen LogP contribution < -0.4 is 14.4 Å². The molecule has 292 valence electrons. The predicted molar refractivity (Wildman–Crippen MR) is 206 cm³/mol. The fourth-order valence-electron chi connectivity index (χ4n) is 10.1. The maximum Gasteiger partial charge on any atom is 0.264 e. The highest BCUT2D eigenvalue weighted by molar-refractivity contribution is 7.90. The van der Waals surface area contributed by atoms with E-state index in [1.54, 1.807) is 25.1 Å². The number of sulfonamides is 1. The molecule has 3 fully saturated rings. The number of nitrogens with one attached hydrogen (secondary N) is 1. The lowest BCUT2D eigenvalue weighted by atomic mass is 9.70. The molecule has 0 saturated carbocycles. The van der Waals surface area contributed by atoms with Crippen molar-refractivity contribution in [3.63, 3.8) is 0 Å². The predicted octanol–water partition coefficient (Wildman–Crippen LogP) is 6.02. The van der Waals surface area contributed by atoms with Crippen molar-refractivity contribution in [3.05, 3.63) is 70.0 Å². The molecule has 6 atom stereocenters. The number of piperidine rings is 1. The van der Waals surface area contributed by atoms with Crippen LogP contribution >= 0.6 is 11.6 Å². The number of carbonyl (C=O) groups is 2. The first-order valence-corrected chi connectivity index (χ1v) is 21.6. The van der Waals surface area contributed by atoms with Crippen LogP contribution in [0.4, 0.5) is 10.1 Å². The lowest BCUT2D eigenvalue weighted by Gasteiger charge is -2.44. The Hall–Kier alpha value is -3.19. The molecule has 10 nitrogen and oxygen atoms in total. The number of fused-ring (bicyclic) bond motifs is 4. The Morgan fingerprint density at radius 1 is 1.02 bits per heavy atom. The Morgan fingerprint density at radius 3 is 2.69 bits per heavy atom. The van der Waals surface area contributed by atoms with Gasteiger partial charge in [0.15, 0.2) is 0 Å². The first-order chi connectivity index (χ1) is 25.9. The molecule has 1 aliphatic carbocycles. The SMILES string of the molecule is C[C@@H]1[C@@H](C)C/C=C(\F)[C@H](C(=O)N2CCCC3(CCOC3)C2)N2CCC[C@H]2CN2C[C@@]3(CCCc4cc(Cl)ccc43)COc3ccc(cc32)C(=O)NS1(=O)=O. The largest absolute Gasteiger partial charge is 0.490 e. The molecule has 3 saturated heterocycles. The third kappa shape index (κ3) is 7.05. The summed E-state index contributed by atoms with van der Waals surface area (Å²) in [5, 5.41) is -0.313. The number of rotatable bonds is 1. The topological polar surface area (TPSA) is 108 Å². The summed E-state index contributed by atoms with van der Waals surface area (Å²) in [5.74, 6) is -1.44. The second kappa shape index (κ2) is 14.7. The van der Waals surface area contributed by atoms with Crippen LogP contribution in [-0.2, 0) is 31.4 Å².